The van der Waals surface area contributed by atoms with Gasteiger partial charge < -0.3 is 15.0 Å². The SMILES string of the molecule is O=C(NCc1ccccc1)c1ncccc1OCC12CC1CN(C(=O)[C@H]1CC[C@H](C(F)(F)F)CC1)C2. The smallest absolute Gasteiger partial charge is 0.391 e. The van der Waals surface area contributed by atoms with Crippen LogP contribution in [0.25, 0.3) is 0 Å². The number of nitrogens with zero attached hydrogens (tertiary/aromatic N) is 2. The first-order chi connectivity index (χ1) is 17.2. The monoisotopic (exact) mass is 501 g/mol. The molecule has 2 unspecified atom stereocenters. The van der Waals surface area contributed by atoms with Crippen molar-refractivity contribution in [2.75, 3.05) is 19.7 Å². The summed E-state index contributed by atoms with van der Waals surface area (Å²) in [7, 11) is 0. The molecule has 1 N–H and O–H groups in total. The van der Waals surface area contributed by atoms with E-state index in [4.69, 9.17) is 4.74 Å². The van der Waals surface area contributed by atoms with Crippen LogP contribution in [0, 0.1) is 23.2 Å². The quantitative estimate of drug-likeness (QED) is 0.602. The van der Waals surface area contributed by atoms with Crippen molar-refractivity contribution in [2.45, 2.75) is 44.8 Å². The van der Waals surface area contributed by atoms with Crippen LogP contribution in [-0.4, -0.2) is 47.6 Å². The highest BCUT2D eigenvalue weighted by Gasteiger charge is 2.61. The van der Waals surface area contributed by atoms with E-state index in [1.807, 2.05) is 35.2 Å². The Morgan fingerprint density at radius 3 is 2.56 bits per heavy atom. The topological polar surface area (TPSA) is 71.5 Å². The van der Waals surface area contributed by atoms with E-state index < -0.39 is 12.1 Å². The van der Waals surface area contributed by atoms with Crippen molar-refractivity contribution in [1.29, 1.82) is 0 Å². The van der Waals surface area contributed by atoms with Crippen LogP contribution in [0.15, 0.2) is 48.7 Å². The van der Waals surface area contributed by atoms with Crippen LogP contribution >= 0.6 is 0 Å². The van der Waals surface area contributed by atoms with Crippen molar-refractivity contribution in [2.24, 2.45) is 23.2 Å². The van der Waals surface area contributed by atoms with Crippen LogP contribution in [0.3, 0.4) is 0 Å². The maximum absolute atomic E-state index is 13.0. The number of nitrogens with one attached hydrogen (secondary N) is 1. The standard InChI is InChI=1S/C27H30F3N3O3/c28-27(29,30)20-10-8-19(9-11-20)25(35)33-15-21-13-26(21,16-33)17-36-22-7-4-12-31-23(22)24(34)32-14-18-5-2-1-3-6-18/h1-7,12,19-21H,8-11,13-17H2,(H,32,34)/t19-,20-,21?,26?. The number of carbonyl (C=O) groups is 2. The third kappa shape index (κ3) is 5.20. The molecular weight excluding hydrogens is 471 g/mol. The van der Waals surface area contributed by atoms with Gasteiger partial charge in [-0.05, 0) is 55.7 Å². The van der Waals surface area contributed by atoms with Gasteiger partial charge in [-0.2, -0.15) is 13.2 Å². The van der Waals surface area contributed by atoms with Gasteiger partial charge in [0, 0.05) is 37.2 Å². The van der Waals surface area contributed by atoms with Gasteiger partial charge in [0.15, 0.2) is 11.4 Å². The van der Waals surface area contributed by atoms with Crippen LogP contribution in [0.5, 0.6) is 5.75 Å². The van der Waals surface area contributed by atoms with Crippen LogP contribution in [0.4, 0.5) is 13.2 Å². The number of benzene rings is 1. The van der Waals surface area contributed by atoms with Crippen LogP contribution in [0.2, 0.25) is 0 Å². The van der Waals surface area contributed by atoms with Gasteiger partial charge in [-0.15, -0.1) is 0 Å². The first kappa shape index (κ1) is 24.6. The average Bonchev–Trinajstić information content (AvgIpc) is 3.45. The second-order valence-corrected chi connectivity index (χ2v) is 10.4. The fourth-order valence-corrected chi connectivity index (χ4v) is 5.67. The van der Waals surface area contributed by atoms with E-state index in [0.29, 0.717) is 50.8 Å². The van der Waals surface area contributed by atoms with Crippen molar-refractivity contribution in [3.05, 3.63) is 59.9 Å². The highest BCUT2D eigenvalue weighted by Crippen LogP contribution is 2.58. The van der Waals surface area contributed by atoms with Gasteiger partial charge in [-0.1, -0.05) is 30.3 Å². The second kappa shape index (κ2) is 9.75. The number of hydrogen-bond donors (Lipinski definition) is 1. The average molecular weight is 502 g/mol. The first-order valence-electron chi connectivity index (χ1n) is 12.5. The summed E-state index contributed by atoms with van der Waals surface area (Å²) in [6.45, 7) is 1.92. The highest BCUT2D eigenvalue weighted by molar-refractivity contribution is 5.94. The van der Waals surface area contributed by atoms with Gasteiger partial charge in [0.2, 0.25) is 5.91 Å². The van der Waals surface area contributed by atoms with Gasteiger partial charge in [0.05, 0.1) is 12.5 Å². The molecule has 1 aliphatic heterocycles. The van der Waals surface area contributed by atoms with E-state index in [2.05, 4.69) is 10.3 Å². The molecule has 9 heteroatoms. The van der Waals surface area contributed by atoms with Gasteiger partial charge in [0.1, 0.15) is 0 Å². The van der Waals surface area contributed by atoms with Crippen LogP contribution in [0.1, 0.15) is 48.2 Å². The summed E-state index contributed by atoms with van der Waals surface area (Å²) < 4.78 is 45.0. The molecule has 36 heavy (non-hydrogen) atoms. The fraction of sp³-hybridized carbons (Fsp3) is 0.519. The number of carbonyl (C=O) groups excluding carboxylic acids is 2. The molecule has 0 spiro atoms. The van der Waals surface area contributed by atoms with Crippen LogP contribution < -0.4 is 10.1 Å². The van der Waals surface area contributed by atoms with E-state index in [9.17, 15) is 22.8 Å². The minimum absolute atomic E-state index is 0.0236. The van der Waals surface area contributed by atoms with Crippen molar-refractivity contribution in [3.8, 4) is 5.75 Å². The third-order valence-electron chi connectivity index (χ3n) is 7.95. The number of ether oxygens (including phenoxy) is 1. The van der Waals surface area contributed by atoms with Gasteiger partial charge >= 0.3 is 6.18 Å². The molecule has 2 aromatic rings. The number of aromatic nitrogens is 1. The molecule has 2 heterocycles. The minimum Gasteiger partial charge on any atom is -0.490 e. The molecule has 1 aromatic carbocycles. The zero-order valence-electron chi connectivity index (χ0n) is 20.0. The summed E-state index contributed by atoms with van der Waals surface area (Å²) in [5.74, 6) is -1.23. The van der Waals surface area contributed by atoms with E-state index in [0.717, 1.165) is 12.0 Å². The number of hydrogen-bond acceptors (Lipinski definition) is 4. The van der Waals surface area contributed by atoms with E-state index in [1.54, 1.807) is 18.3 Å². The normalized spacial score (nSPS) is 27.3. The maximum Gasteiger partial charge on any atom is 0.391 e. The Kier molecular flexibility index (Phi) is 6.66. The van der Waals surface area contributed by atoms with Gasteiger partial charge in [0.25, 0.3) is 5.91 Å². The highest BCUT2D eigenvalue weighted by atomic mass is 19.4. The lowest BCUT2D eigenvalue weighted by Gasteiger charge is -2.32. The Morgan fingerprint density at radius 1 is 1.08 bits per heavy atom. The minimum atomic E-state index is -4.17. The lowest BCUT2D eigenvalue weighted by atomic mass is 9.81. The first-order valence-corrected chi connectivity index (χ1v) is 12.5. The number of piperidine rings is 1. The molecule has 2 amide bonds. The van der Waals surface area contributed by atoms with E-state index >= 15 is 0 Å². The third-order valence-corrected chi connectivity index (χ3v) is 7.95. The molecule has 2 aliphatic carbocycles. The number of pyridine rings is 1. The molecule has 5 rings (SSSR count). The van der Waals surface area contributed by atoms with Crippen molar-refractivity contribution >= 4 is 11.8 Å². The van der Waals surface area contributed by atoms with Crippen molar-refractivity contribution < 1.29 is 27.5 Å². The molecule has 0 radical (unpaired) electrons. The molecule has 3 aliphatic rings. The lowest BCUT2D eigenvalue weighted by Crippen LogP contribution is -2.40. The summed E-state index contributed by atoms with van der Waals surface area (Å²) >= 11 is 0. The molecule has 2 saturated carbocycles. The van der Waals surface area contributed by atoms with Crippen molar-refractivity contribution in [3.63, 3.8) is 0 Å². The summed E-state index contributed by atoms with van der Waals surface area (Å²) in [4.78, 5) is 31.8. The summed E-state index contributed by atoms with van der Waals surface area (Å²) in [5.41, 5.74) is 1.04. The number of halogens is 3. The summed E-state index contributed by atoms with van der Waals surface area (Å²) in [5, 5.41) is 2.87. The molecule has 3 fully saturated rings. The Morgan fingerprint density at radius 2 is 1.83 bits per heavy atom. The predicted molar refractivity (Wildman–Crippen MR) is 126 cm³/mol. The van der Waals surface area contributed by atoms with Crippen molar-refractivity contribution in [1.82, 2.24) is 15.2 Å². The largest absolute Gasteiger partial charge is 0.490 e. The van der Waals surface area contributed by atoms with E-state index in [1.165, 1.54) is 0 Å². The summed E-state index contributed by atoms with van der Waals surface area (Å²) in [6.07, 6.45) is -1.04. The van der Waals surface area contributed by atoms with Gasteiger partial charge in [-0.25, -0.2) is 4.98 Å². The number of alkyl halides is 3. The number of rotatable bonds is 7. The Bertz CT molecular complexity index is 1100. The van der Waals surface area contributed by atoms with Gasteiger partial charge in [-0.3, -0.25) is 9.59 Å². The Labute approximate surface area is 208 Å². The molecule has 6 nitrogen and oxygen atoms in total. The zero-order chi connectivity index (χ0) is 25.3. The summed E-state index contributed by atoms with van der Waals surface area (Å²) in [6, 6.07) is 13.0. The predicted octanol–water partition coefficient (Wildman–Crippen LogP) is 4.61. The number of amides is 2. The number of likely N-dealkylation sites (tertiary alicyclic amines) is 1. The number of fused-ring (bicyclic) bond motifs is 1. The fourth-order valence-electron chi connectivity index (χ4n) is 5.67. The van der Waals surface area contributed by atoms with E-state index in [-0.39, 0.29) is 41.7 Å². The molecule has 1 aromatic heterocycles. The molecule has 1 saturated heterocycles. The maximum atomic E-state index is 13.0. The molecule has 2 atom stereocenters. The Balaban J connectivity index is 1.14. The molecule has 192 valence electrons. The molecule has 0 bridgehead atoms. The lowest BCUT2D eigenvalue weighted by molar-refractivity contribution is -0.185. The van der Waals surface area contributed by atoms with Crippen LogP contribution in [-0.2, 0) is 11.3 Å². The Hall–Kier alpha value is -3.10. The molecular formula is C27H30F3N3O3. The second-order valence-electron chi connectivity index (χ2n) is 10.4. The zero-order valence-corrected chi connectivity index (χ0v) is 20.0.